The molecular weight excluding hydrogens is 418 g/mol. The van der Waals surface area contributed by atoms with Gasteiger partial charge in [0.25, 0.3) is 5.91 Å². The number of hydrogen-bond donors (Lipinski definition) is 0. The molecule has 1 saturated heterocycles. The van der Waals surface area contributed by atoms with Crippen LogP contribution < -0.4 is 4.90 Å². The van der Waals surface area contributed by atoms with E-state index in [2.05, 4.69) is 17.0 Å². The number of furan rings is 1. The van der Waals surface area contributed by atoms with Gasteiger partial charge < -0.3 is 19.0 Å². The maximum Gasteiger partial charge on any atom is 0.337 e. The Kier molecular flexibility index (Phi) is 6.56. The van der Waals surface area contributed by atoms with Crippen LogP contribution in [0.5, 0.6) is 0 Å². The first-order chi connectivity index (χ1) is 16.1. The standard InChI is InChI=1S/C26H23N3O4/c1-32-26(31)20-9-7-19(8-10-20)24-12-11-23(33-24)17-21(18-27)25(30)29-15-13-28(14-16-29)22-5-3-2-4-6-22/h2-12,17H,13-16H2,1H3. The van der Waals surface area contributed by atoms with Gasteiger partial charge in [0.05, 0.1) is 12.7 Å². The van der Waals surface area contributed by atoms with Crippen molar-refractivity contribution in [3.63, 3.8) is 0 Å². The Morgan fingerprint density at radius 1 is 0.970 bits per heavy atom. The van der Waals surface area contributed by atoms with Gasteiger partial charge in [-0.25, -0.2) is 4.79 Å². The number of rotatable bonds is 5. The van der Waals surface area contributed by atoms with Crippen LogP contribution in [0.25, 0.3) is 17.4 Å². The Morgan fingerprint density at radius 2 is 1.67 bits per heavy atom. The van der Waals surface area contributed by atoms with E-state index in [4.69, 9.17) is 9.15 Å². The number of piperazine rings is 1. The third kappa shape index (κ3) is 4.96. The molecule has 2 heterocycles. The minimum atomic E-state index is -0.411. The summed E-state index contributed by atoms with van der Waals surface area (Å²) in [5.74, 6) is 0.269. The number of hydrogen-bond acceptors (Lipinski definition) is 6. The highest BCUT2D eigenvalue weighted by atomic mass is 16.5. The van der Waals surface area contributed by atoms with Crippen molar-refractivity contribution in [2.45, 2.75) is 0 Å². The van der Waals surface area contributed by atoms with E-state index < -0.39 is 5.97 Å². The second-order valence-electron chi connectivity index (χ2n) is 7.56. The first-order valence-corrected chi connectivity index (χ1v) is 10.6. The monoisotopic (exact) mass is 441 g/mol. The molecule has 1 fully saturated rings. The zero-order valence-corrected chi connectivity index (χ0v) is 18.2. The van der Waals surface area contributed by atoms with Crippen LogP contribution in [-0.4, -0.2) is 50.1 Å². The zero-order valence-electron chi connectivity index (χ0n) is 18.2. The van der Waals surface area contributed by atoms with Crippen molar-refractivity contribution in [2.24, 2.45) is 0 Å². The van der Waals surface area contributed by atoms with E-state index in [1.54, 1.807) is 41.3 Å². The highest BCUT2D eigenvalue weighted by molar-refractivity contribution is 6.01. The van der Waals surface area contributed by atoms with Gasteiger partial charge in [-0.05, 0) is 36.4 Å². The molecule has 166 valence electrons. The summed E-state index contributed by atoms with van der Waals surface area (Å²) >= 11 is 0. The van der Waals surface area contributed by atoms with Crippen molar-refractivity contribution in [3.8, 4) is 17.4 Å². The van der Waals surface area contributed by atoms with Gasteiger partial charge in [0.15, 0.2) is 0 Å². The third-order valence-corrected chi connectivity index (χ3v) is 5.54. The molecule has 0 aliphatic carbocycles. The van der Waals surface area contributed by atoms with E-state index in [1.165, 1.54) is 13.2 Å². The largest absolute Gasteiger partial charge is 0.465 e. The number of para-hydroxylation sites is 1. The molecule has 0 unspecified atom stereocenters. The molecule has 1 aliphatic rings. The van der Waals surface area contributed by atoms with E-state index in [0.29, 0.717) is 43.3 Å². The molecule has 0 bridgehead atoms. The topological polar surface area (TPSA) is 86.8 Å². The number of methoxy groups -OCH3 is 1. The SMILES string of the molecule is COC(=O)c1ccc(-c2ccc(C=C(C#N)C(=O)N3CCN(c4ccccc4)CC3)o2)cc1. The lowest BCUT2D eigenvalue weighted by Gasteiger charge is -2.36. The average molecular weight is 441 g/mol. The predicted molar refractivity (Wildman–Crippen MR) is 124 cm³/mol. The summed E-state index contributed by atoms with van der Waals surface area (Å²) in [6.45, 7) is 2.51. The van der Waals surface area contributed by atoms with Crippen LogP contribution in [0.15, 0.2) is 76.7 Å². The lowest BCUT2D eigenvalue weighted by atomic mass is 10.1. The molecule has 33 heavy (non-hydrogen) atoms. The molecule has 7 nitrogen and oxygen atoms in total. The zero-order chi connectivity index (χ0) is 23.2. The molecule has 0 N–H and O–H groups in total. The highest BCUT2D eigenvalue weighted by Gasteiger charge is 2.24. The van der Waals surface area contributed by atoms with Crippen LogP contribution in [0.2, 0.25) is 0 Å². The molecule has 1 aliphatic heterocycles. The van der Waals surface area contributed by atoms with Crippen molar-refractivity contribution >= 4 is 23.6 Å². The molecule has 4 rings (SSSR count). The number of esters is 1. The van der Waals surface area contributed by atoms with Crippen LogP contribution in [0.4, 0.5) is 5.69 Å². The van der Waals surface area contributed by atoms with Crippen LogP contribution in [0.1, 0.15) is 16.1 Å². The van der Waals surface area contributed by atoms with E-state index >= 15 is 0 Å². The number of nitriles is 1. The van der Waals surface area contributed by atoms with Crippen molar-refractivity contribution < 1.29 is 18.7 Å². The lowest BCUT2D eigenvalue weighted by Crippen LogP contribution is -2.49. The Balaban J connectivity index is 1.43. The minimum absolute atomic E-state index is 0.0325. The van der Waals surface area contributed by atoms with Crippen molar-refractivity contribution in [2.75, 3.05) is 38.2 Å². The number of benzene rings is 2. The number of nitrogens with zero attached hydrogens (tertiary/aromatic N) is 3. The first kappa shape index (κ1) is 21.9. The highest BCUT2D eigenvalue weighted by Crippen LogP contribution is 2.24. The number of carbonyl (C=O) groups is 2. The van der Waals surface area contributed by atoms with Gasteiger partial charge in [-0.2, -0.15) is 5.26 Å². The second-order valence-corrected chi connectivity index (χ2v) is 7.56. The van der Waals surface area contributed by atoms with Crippen LogP contribution in [-0.2, 0) is 9.53 Å². The first-order valence-electron chi connectivity index (χ1n) is 10.6. The van der Waals surface area contributed by atoms with Crippen LogP contribution in [0.3, 0.4) is 0 Å². The molecule has 7 heteroatoms. The summed E-state index contributed by atoms with van der Waals surface area (Å²) in [7, 11) is 1.33. The Hall–Kier alpha value is -4.31. The number of carbonyl (C=O) groups excluding carboxylic acids is 2. The Bertz CT molecular complexity index is 1200. The number of amides is 1. The molecule has 0 saturated carbocycles. The van der Waals surface area contributed by atoms with Gasteiger partial charge in [0.1, 0.15) is 23.2 Å². The molecule has 3 aromatic rings. The van der Waals surface area contributed by atoms with Gasteiger partial charge in [-0.3, -0.25) is 4.79 Å². The average Bonchev–Trinajstić information content (AvgIpc) is 3.36. The molecule has 1 aromatic heterocycles. The number of anilines is 1. The summed E-state index contributed by atoms with van der Waals surface area (Å²) in [4.78, 5) is 28.4. The van der Waals surface area contributed by atoms with E-state index in [9.17, 15) is 14.9 Å². The molecule has 0 radical (unpaired) electrons. The molecule has 0 spiro atoms. The van der Waals surface area contributed by atoms with E-state index in [1.807, 2.05) is 24.3 Å². The molecular formula is C26H23N3O4. The minimum Gasteiger partial charge on any atom is -0.465 e. The fourth-order valence-corrected chi connectivity index (χ4v) is 3.73. The Morgan fingerprint density at radius 3 is 2.30 bits per heavy atom. The van der Waals surface area contributed by atoms with Crippen molar-refractivity contribution in [1.82, 2.24) is 4.90 Å². The van der Waals surface area contributed by atoms with Gasteiger partial charge in [-0.1, -0.05) is 30.3 Å². The summed E-state index contributed by atoms with van der Waals surface area (Å²) in [5.41, 5.74) is 2.37. The lowest BCUT2D eigenvalue weighted by molar-refractivity contribution is -0.126. The second kappa shape index (κ2) is 9.88. The fourth-order valence-electron chi connectivity index (χ4n) is 3.73. The van der Waals surface area contributed by atoms with Gasteiger partial charge in [-0.15, -0.1) is 0 Å². The third-order valence-electron chi connectivity index (χ3n) is 5.54. The maximum absolute atomic E-state index is 12.9. The molecule has 0 atom stereocenters. The summed E-state index contributed by atoms with van der Waals surface area (Å²) in [5, 5.41) is 9.59. The van der Waals surface area contributed by atoms with Crippen LogP contribution in [0, 0.1) is 11.3 Å². The van der Waals surface area contributed by atoms with Gasteiger partial charge in [0.2, 0.25) is 0 Å². The van der Waals surface area contributed by atoms with E-state index in [0.717, 1.165) is 11.3 Å². The quantitative estimate of drug-likeness (QED) is 0.338. The molecule has 1 amide bonds. The fraction of sp³-hybridized carbons (Fsp3) is 0.192. The predicted octanol–water partition coefficient (Wildman–Crippen LogP) is 3.99. The van der Waals surface area contributed by atoms with Crippen molar-refractivity contribution in [3.05, 3.63) is 83.6 Å². The summed E-state index contributed by atoms with van der Waals surface area (Å²) < 4.78 is 10.5. The van der Waals surface area contributed by atoms with Crippen LogP contribution >= 0.6 is 0 Å². The van der Waals surface area contributed by atoms with Gasteiger partial charge >= 0.3 is 5.97 Å². The van der Waals surface area contributed by atoms with E-state index in [-0.39, 0.29) is 11.5 Å². The normalized spacial score (nSPS) is 14.0. The summed E-state index contributed by atoms with van der Waals surface area (Å²) in [6.07, 6.45) is 1.47. The number of ether oxygens (including phenoxy) is 1. The molecule has 2 aromatic carbocycles. The Labute approximate surface area is 192 Å². The summed E-state index contributed by atoms with van der Waals surface area (Å²) in [6, 6.07) is 22.4. The smallest absolute Gasteiger partial charge is 0.337 e. The maximum atomic E-state index is 12.9. The van der Waals surface area contributed by atoms with Gasteiger partial charge in [0, 0.05) is 43.5 Å². The van der Waals surface area contributed by atoms with Crippen molar-refractivity contribution in [1.29, 1.82) is 5.26 Å².